The monoisotopic (exact) mass is 453 g/mol. The molecule has 162 valence electrons. The van der Waals surface area contributed by atoms with Crippen LogP contribution in [0.3, 0.4) is 0 Å². The van der Waals surface area contributed by atoms with Crippen molar-refractivity contribution in [3.05, 3.63) is 46.1 Å². The number of carbonyl (C=O) groups is 1. The molecule has 3 atom stereocenters. The van der Waals surface area contributed by atoms with Crippen LogP contribution in [0.5, 0.6) is 0 Å². The van der Waals surface area contributed by atoms with Crippen molar-refractivity contribution in [2.75, 3.05) is 36.5 Å². The highest BCUT2D eigenvalue weighted by Gasteiger charge is 2.31. The van der Waals surface area contributed by atoms with Crippen molar-refractivity contribution < 1.29 is 15.0 Å². The molecule has 2 heterocycles. The Morgan fingerprint density at radius 2 is 2.13 bits per heavy atom. The first-order valence-electron chi connectivity index (χ1n) is 9.72. The van der Waals surface area contributed by atoms with Crippen LogP contribution in [0.15, 0.2) is 30.5 Å². The van der Waals surface area contributed by atoms with Crippen molar-refractivity contribution in [3.63, 3.8) is 0 Å². The van der Waals surface area contributed by atoms with Crippen LogP contribution in [0.2, 0.25) is 10.0 Å². The van der Waals surface area contributed by atoms with Gasteiger partial charge in [-0.3, -0.25) is 4.79 Å². The minimum atomic E-state index is -0.524. The Hall–Kier alpha value is -2.13. The van der Waals surface area contributed by atoms with Crippen molar-refractivity contribution >= 4 is 40.9 Å². The number of nitrogens with zero attached hydrogens (tertiary/aromatic N) is 3. The largest absolute Gasteiger partial charge is 0.394 e. The molecule has 0 spiro atoms. The minimum absolute atomic E-state index is 0.0497. The fraction of sp³-hybridized carbons (Fsp3) is 0.450. The maximum Gasteiger partial charge on any atom is 0.225 e. The molecule has 0 bridgehead atoms. The molecule has 1 amide bonds. The van der Waals surface area contributed by atoms with Crippen LogP contribution in [-0.2, 0) is 4.79 Å². The molecule has 0 aliphatic carbocycles. The number of hydrogen-bond donors (Lipinski definition) is 4. The second kappa shape index (κ2) is 10.3. The van der Waals surface area contributed by atoms with Crippen LogP contribution in [0.4, 0.5) is 11.8 Å². The molecule has 3 rings (SSSR count). The molecule has 10 heteroatoms. The van der Waals surface area contributed by atoms with E-state index in [2.05, 4.69) is 20.6 Å². The zero-order chi connectivity index (χ0) is 21.7. The number of anilines is 2. The maximum atomic E-state index is 12.8. The SMILES string of the molecule is CC(CO)Nc1ncc(Cl)c(N2CC[C@H](C(=O)N[C@H](CO)c3cccc(Cl)c3)C2)n1. The Morgan fingerprint density at radius 3 is 2.83 bits per heavy atom. The van der Waals surface area contributed by atoms with Gasteiger partial charge in [-0.05, 0) is 31.0 Å². The molecule has 1 fully saturated rings. The average Bonchev–Trinajstić information content (AvgIpc) is 3.23. The zero-order valence-electron chi connectivity index (χ0n) is 16.6. The maximum absolute atomic E-state index is 12.8. The normalized spacial score (nSPS) is 18.2. The summed E-state index contributed by atoms with van der Waals surface area (Å²) in [5, 5.41) is 25.8. The van der Waals surface area contributed by atoms with Crippen LogP contribution >= 0.6 is 23.2 Å². The number of carbonyl (C=O) groups excluding carboxylic acids is 1. The summed E-state index contributed by atoms with van der Waals surface area (Å²) in [7, 11) is 0. The van der Waals surface area contributed by atoms with E-state index in [0.29, 0.717) is 41.3 Å². The zero-order valence-corrected chi connectivity index (χ0v) is 18.1. The van der Waals surface area contributed by atoms with E-state index in [-0.39, 0.29) is 31.1 Å². The number of aliphatic hydroxyl groups is 2. The second-order valence-corrected chi connectivity index (χ2v) is 8.17. The van der Waals surface area contributed by atoms with E-state index in [1.54, 1.807) is 18.2 Å². The van der Waals surface area contributed by atoms with Crippen molar-refractivity contribution in [2.45, 2.75) is 25.4 Å². The van der Waals surface area contributed by atoms with Crippen molar-refractivity contribution in [1.29, 1.82) is 0 Å². The van der Waals surface area contributed by atoms with Crippen LogP contribution in [-0.4, -0.2) is 58.4 Å². The molecule has 8 nitrogen and oxygen atoms in total. The van der Waals surface area contributed by atoms with Gasteiger partial charge in [0.15, 0.2) is 5.82 Å². The Kier molecular flexibility index (Phi) is 7.71. The molecular formula is C20H25Cl2N5O3. The summed E-state index contributed by atoms with van der Waals surface area (Å²) in [6.45, 7) is 2.60. The van der Waals surface area contributed by atoms with Gasteiger partial charge >= 0.3 is 0 Å². The molecule has 2 aromatic rings. The topological polar surface area (TPSA) is 111 Å². The van der Waals surface area contributed by atoms with Gasteiger partial charge in [-0.1, -0.05) is 35.3 Å². The smallest absolute Gasteiger partial charge is 0.225 e. The van der Waals surface area contributed by atoms with Gasteiger partial charge in [-0.15, -0.1) is 0 Å². The summed E-state index contributed by atoms with van der Waals surface area (Å²) in [6.07, 6.45) is 2.14. The van der Waals surface area contributed by atoms with Crippen LogP contribution in [0.25, 0.3) is 0 Å². The summed E-state index contributed by atoms with van der Waals surface area (Å²) in [5.74, 6) is 0.499. The lowest BCUT2D eigenvalue weighted by atomic mass is 10.0. The first kappa shape index (κ1) is 22.6. The number of aromatic nitrogens is 2. The van der Waals surface area contributed by atoms with E-state index in [4.69, 9.17) is 23.2 Å². The lowest BCUT2D eigenvalue weighted by molar-refractivity contribution is -0.125. The molecule has 30 heavy (non-hydrogen) atoms. The standard InChI is InChI=1S/C20H25Cl2N5O3/c1-12(10-28)24-20-23-8-16(22)18(26-20)27-6-5-14(9-27)19(30)25-17(11-29)13-3-2-4-15(21)7-13/h2-4,7-8,12,14,17,28-29H,5-6,9-11H2,1H3,(H,25,30)(H,23,24,26)/t12?,14-,17+/m0/s1. The predicted molar refractivity (Wildman–Crippen MR) is 117 cm³/mol. The lowest BCUT2D eigenvalue weighted by Gasteiger charge is -2.21. The highest BCUT2D eigenvalue weighted by molar-refractivity contribution is 6.32. The fourth-order valence-electron chi connectivity index (χ4n) is 3.33. The van der Waals surface area contributed by atoms with Gasteiger partial charge in [-0.2, -0.15) is 4.98 Å². The van der Waals surface area contributed by atoms with Gasteiger partial charge in [0.05, 0.1) is 31.4 Å². The van der Waals surface area contributed by atoms with E-state index in [1.807, 2.05) is 17.9 Å². The van der Waals surface area contributed by atoms with E-state index in [9.17, 15) is 15.0 Å². The highest BCUT2D eigenvalue weighted by Crippen LogP contribution is 2.29. The summed E-state index contributed by atoms with van der Waals surface area (Å²) in [5.41, 5.74) is 0.751. The summed E-state index contributed by atoms with van der Waals surface area (Å²) in [4.78, 5) is 23.3. The predicted octanol–water partition coefficient (Wildman–Crippen LogP) is 2.25. The molecular weight excluding hydrogens is 429 g/mol. The molecule has 1 aromatic carbocycles. The third kappa shape index (κ3) is 5.51. The molecule has 1 saturated heterocycles. The fourth-order valence-corrected chi connectivity index (χ4v) is 3.74. The average molecular weight is 454 g/mol. The van der Waals surface area contributed by atoms with Crippen molar-refractivity contribution in [1.82, 2.24) is 15.3 Å². The molecule has 0 radical (unpaired) electrons. The molecule has 4 N–H and O–H groups in total. The Morgan fingerprint density at radius 1 is 1.33 bits per heavy atom. The van der Waals surface area contributed by atoms with Gasteiger partial charge in [0.2, 0.25) is 11.9 Å². The number of rotatable bonds is 8. The number of halogens is 2. The Bertz CT molecular complexity index is 885. The Balaban J connectivity index is 1.66. The number of hydrogen-bond acceptors (Lipinski definition) is 7. The van der Waals surface area contributed by atoms with Gasteiger partial charge < -0.3 is 25.7 Å². The van der Waals surface area contributed by atoms with Gasteiger partial charge in [0, 0.05) is 24.2 Å². The summed E-state index contributed by atoms with van der Waals surface area (Å²) >= 11 is 12.3. The molecule has 1 aliphatic heterocycles. The van der Waals surface area contributed by atoms with E-state index in [1.165, 1.54) is 6.20 Å². The van der Waals surface area contributed by atoms with E-state index < -0.39 is 6.04 Å². The highest BCUT2D eigenvalue weighted by atomic mass is 35.5. The molecule has 1 aliphatic rings. The molecule has 1 aromatic heterocycles. The van der Waals surface area contributed by atoms with Crippen LogP contribution in [0.1, 0.15) is 24.9 Å². The van der Waals surface area contributed by atoms with E-state index >= 15 is 0 Å². The lowest BCUT2D eigenvalue weighted by Crippen LogP contribution is -2.37. The first-order chi connectivity index (χ1) is 14.4. The number of nitrogens with one attached hydrogen (secondary N) is 2. The summed E-state index contributed by atoms with van der Waals surface area (Å²) in [6, 6.07) is 6.35. The molecule has 1 unspecified atom stereocenters. The third-order valence-corrected chi connectivity index (χ3v) is 5.49. The third-order valence-electron chi connectivity index (χ3n) is 4.98. The van der Waals surface area contributed by atoms with Crippen molar-refractivity contribution in [2.24, 2.45) is 5.92 Å². The van der Waals surface area contributed by atoms with Gasteiger partial charge in [0.1, 0.15) is 5.02 Å². The molecule has 0 saturated carbocycles. The van der Waals surface area contributed by atoms with Gasteiger partial charge in [-0.25, -0.2) is 4.98 Å². The minimum Gasteiger partial charge on any atom is -0.394 e. The van der Waals surface area contributed by atoms with Crippen molar-refractivity contribution in [3.8, 4) is 0 Å². The summed E-state index contributed by atoms with van der Waals surface area (Å²) < 4.78 is 0. The van der Waals surface area contributed by atoms with Gasteiger partial charge in [0.25, 0.3) is 0 Å². The second-order valence-electron chi connectivity index (χ2n) is 7.32. The van der Waals surface area contributed by atoms with E-state index in [0.717, 1.165) is 5.56 Å². The van der Waals surface area contributed by atoms with Crippen LogP contribution < -0.4 is 15.5 Å². The first-order valence-corrected chi connectivity index (χ1v) is 10.5. The Labute approximate surface area is 185 Å². The number of benzene rings is 1. The van der Waals surface area contributed by atoms with Crippen LogP contribution in [0, 0.1) is 5.92 Å². The number of amides is 1. The quantitative estimate of drug-likeness (QED) is 0.484. The number of aliphatic hydroxyl groups excluding tert-OH is 2.